The molecule has 1 aromatic carbocycles. The van der Waals surface area contributed by atoms with Crippen molar-refractivity contribution in [3.05, 3.63) is 59.9 Å². The van der Waals surface area contributed by atoms with Crippen LogP contribution in [0.3, 0.4) is 0 Å². The number of fused-ring (bicyclic) bond motifs is 4. The summed E-state index contributed by atoms with van der Waals surface area (Å²) in [6.07, 6.45) is 4.55. The number of carbonyl (C=O) groups is 2. The van der Waals surface area contributed by atoms with Crippen LogP contribution in [0.25, 0.3) is 0 Å². The quantitative estimate of drug-likeness (QED) is 0.876. The number of pyridine rings is 1. The lowest BCUT2D eigenvalue weighted by atomic mass is 9.78. The van der Waals surface area contributed by atoms with Gasteiger partial charge < -0.3 is 10.6 Å². The van der Waals surface area contributed by atoms with Crippen LogP contribution < -0.4 is 10.6 Å². The zero-order chi connectivity index (χ0) is 18.4. The van der Waals surface area contributed by atoms with E-state index < -0.39 is 11.5 Å². The van der Waals surface area contributed by atoms with E-state index in [-0.39, 0.29) is 17.9 Å². The third-order valence-corrected chi connectivity index (χ3v) is 6.26. The molecule has 2 aromatic rings. The van der Waals surface area contributed by atoms with Crippen LogP contribution in [0, 0.1) is 5.92 Å². The van der Waals surface area contributed by atoms with Crippen molar-refractivity contribution in [3.8, 4) is 0 Å². The van der Waals surface area contributed by atoms with Gasteiger partial charge >= 0.3 is 0 Å². The lowest BCUT2D eigenvalue weighted by molar-refractivity contribution is -0.137. The largest absolute Gasteiger partial charge is 0.350 e. The maximum atomic E-state index is 13.2. The number of hydrogen-bond acceptors (Lipinski definition) is 4. The maximum absolute atomic E-state index is 13.2. The van der Waals surface area contributed by atoms with E-state index in [0.29, 0.717) is 6.54 Å². The van der Waals surface area contributed by atoms with Crippen molar-refractivity contribution in [3.63, 3.8) is 0 Å². The Hall–Kier alpha value is -2.73. The van der Waals surface area contributed by atoms with Crippen LogP contribution >= 0.6 is 0 Å². The number of rotatable bonds is 3. The minimum absolute atomic E-state index is 0.0638. The van der Waals surface area contributed by atoms with Gasteiger partial charge in [0.2, 0.25) is 11.8 Å². The zero-order valence-corrected chi connectivity index (χ0v) is 15.0. The molecule has 2 N–H and O–H groups in total. The van der Waals surface area contributed by atoms with Crippen molar-refractivity contribution in [1.82, 2.24) is 15.2 Å². The van der Waals surface area contributed by atoms with Crippen LogP contribution in [0.2, 0.25) is 0 Å². The molecular formula is C21H22N4O2. The Morgan fingerprint density at radius 3 is 2.96 bits per heavy atom. The summed E-state index contributed by atoms with van der Waals surface area (Å²) < 4.78 is 0. The highest BCUT2D eigenvalue weighted by Gasteiger charge is 2.65. The smallest absolute Gasteiger partial charge is 0.250 e. The molecular weight excluding hydrogens is 340 g/mol. The predicted molar refractivity (Wildman–Crippen MR) is 101 cm³/mol. The van der Waals surface area contributed by atoms with Crippen molar-refractivity contribution in [2.75, 3.05) is 11.9 Å². The van der Waals surface area contributed by atoms with Gasteiger partial charge in [-0.15, -0.1) is 0 Å². The van der Waals surface area contributed by atoms with E-state index >= 15 is 0 Å². The number of hydrogen-bond donors (Lipinski definition) is 2. The molecule has 2 fully saturated rings. The molecule has 4 heterocycles. The molecule has 2 amide bonds. The molecule has 1 aromatic heterocycles. The summed E-state index contributed by atoms with van der Waals surface area (Å²) >= 11 is 0. The molecule has 0 bridgehead atoms. The van der Waals surface area contributed by atoms with Crippen molar-refractivity contribution in [1.29, 1.82) is 0 Å². The average Bonchev–Trinajstić information content (AvgIpc) is 3.35. The number of carbonyl (C=O) groups excluding carboxylic acids is 2. The van der Waals surface area contributed by atoms with Crippen LogP contribution in [0.15, 0.2) is 48.7 Å². The van der Waals surface area contributed by atoms with Gasteiger partial charge in [-0.2, -0.15) is 0 Å². The second kappa shape index (κ2) is 6.16. The Morgan fingerprint density at radius 1 is 1.26 bits per heavy atom. The van der Waals surface area contributed by atoms with Crippen LogP contribution in [0.4, 0.5) is 5.69 Å². The Bertz CT molecular complexity index is 900. The monoisotopic (exact) mass is 362 g/mol. The summed E-state index contributed by atoms with van der Waals surface area (Å²) in [5.41, 5.74) is 1.70. The second-order valence-corrected chi connectivity index (χ2v) is 7.58. The van der Waals surface area contributed by atoms with E-state index in [4.69, 9.17) is 0 Å². The SMILES string of the molecule is O=C(NCc1ccccn1)[C@H]1C[C@H]2CCCN2[C@]12C(=O)Nc1ccccc12. The Morgan fingerprint density at radius 2 is 2.11 bits per heavy atom. The fraction of sp³-hybridized carbons (Fsp3) is 0.381. The van der Waals surface area contributed by atoms with E-state index in [9.17, 15) is 9.59 Å². The standard InChI is InChI=1S/C21H22N4O2/c26-19(23-13-14-6-3-4-10-22-14)17-12-15-7-5-11-25(15)21(17)16-8-1-2-9-18(16)24-20(21)27/h1-4,6,8-10,15,17H,5,7,11-13H2,(H,23,26)(H,24,27)/t15-,17-,21+/m1/s1. The van der Waals surface area contributed by atoms with Gasteiger partial charge in [-0.25, -0.2) is 0 Å². The highest BCUT2D eigenvalue weighted by molar-refractivity contribution is 6.09. The van der Waals surface area contributed by atoms with Crippen LogP contribution in [0.5, 0.6) is 0 Å². The number of para-hydroxylation sites is 1. The van der Waals surface area contributed by atoms with Crippen molar-refractivity contribution in [2.45, 2.75) is 37.4 Å². The van der Waals surface area contributed by atoms with Crippen molar-refractivity contribution in [2.24, 2.45) is 5.92 Å². The van der Waals surface area contributed by atoms with Gasteiger partial charge in [-0.05, 0) is 44.0 Å². The van der Waals surface area contributed by atoms with E-state index in [1.807, 2.05) is 42.5 Å². The molecule has 3 aliphatic heterocycles. The number of benzene rings is 1. The highest BCUT2D eigenvalue weighted by Crippen LogP contribution is 2.55. The van der Waals surface area contributed by atoms with Gasteiger partial charge in [0, 0.05) is 23.5 Å². The Labute approximate surface area is 158 Å². The molecule has 3 aliphatic rings. The molecule has 3 atom stereocenters. The normalized spacial score (nSPS) is 28.8. The van der Waals surface area contributed by atoms with Gasteiger partial charge in [-0.3, -0.25) is 19.5 Å². The fourth-order valence-electron chi connectivity index (χ4n) is 5.18. The molecule has 6 nitrogen and oxygen atoms in total. The third kappa shape index (κ3) is 2.33. The lowest BCUT2D eigenvalue weighted by Crippen LogP contribution is -2.54. The molecule has 138 valence electrons. The predicted octanol–water partition coefficient (Wildman–Crippen LogP) is 2.03. The third-order valence-electron chi connectivity index (χ3n) is 6.26. The Kier molecular flexibility index (Phi) is 3.75. The fourth-order valence-corrected chi connectivity index (χ4v) is 5.18. The van der Waals surface area contributed by atoms with Crippen LogP contribution in [0.1, 0.15) is 30.5 Å². The summed E-state index contributed by atoms with van der Waals surface area (Å²) in [5, 5.41) is 6.05. The van der Waals surface area contributed by atoms with Gasteiger partial charge in [-0.1, -0.05) is 24.3 Å². The van der Waals surface area contributed by atoms with Gasteiger partial charge in [0.05, 0.1) is 18.2 Å². The molecule has 5 rings (SSSR count). The van der Waals surface area contributed by atoms with Gasteiger partial charge in [0.1, 0.15) is 5.54 Å². The number of aromatic nitrogens is 1. The number of nitrogens with zero attached hydrogens (tertiary/aromatic N) is 2. The van der Waals surface area contributed by atoms with Gasteiger partial charge in [0.25, 0.3) is 0 Å². The first-order valence-corrected chi connectivity index (χ1v) is 9.56. The van der Waals surface area contributed by atoms with Crippen LogP contribution in [-0.4, -0.2) is 34.3 Å². The van der Waals surface area contributed by atoms with Crippen molar-refractivity contribution < 1.29 is 9.59 Å². The van der Waals surface area contributed by atoms with Crippen molar-refractivity contribution >= 4 is 17.5 Å². The summed E-state index contributed by atoms with van der Waals surface area (Å²) in [7, 11) is 0. The molecule has 2 saturated heterocycles. The van der Waals surface area contributed by atoms with Crippen LogP contribution in [-0.2, 0) is 21.7 Å². The van der Waals surface area contributed by atoms with E-state index in [0.717, 1.165) is 42.8 Å². The molecule has 0 aliphatic carbocycles. The number of amides is 2. The lowest BCUT2D eigenvalue weighted by Gasteiger charge is -2.36. The first-order chi connectivity index (χ1) is 13.2. The molecule has 0 radical (unpaired) electrons. The molecule has 1 spiro atoms. The van der Waals surface area contributed by atoms with E-state index in [1.54, 1.807) is 6.20 Å². The summed E-state index contributed by atoms with van der Waals surface area (Å²) in [6, 6.07) is 13.7. The summed E-state index contributed by atoms with van der Waals surface area (Å²) in [6.45, 7) is 1.23. The molecule has 0 saturated carbocycles. The topological polar surface area (TPSA) is 74.3 Å². The van der Waals surface area contributed by atoms with E-state index in [2.05, 4.69) is 20.5 Å². The number of anilines is 1. The van der Waals surface area contributed by atoms with Gasteiger partial charge in [0.15, 0.2) is 0 Å². The first kappa shape index (κ1) is 16.4. The van der Waals surface area contributed by atoms with E-state index in [1.165, 1.54) is 0 Å². The second-order valence-electron chi connectivity index (χ2n) is 7.58. The first-order valence-electron chi connectivity index (χ1n) is 9.56. The Balaban J connectivity index is 1.50. The minimum atomic E-state index is -0.883. The number of nitrogens with one attached hydrogen (secondary N) is 2. The maximum Gasteiger partial charge on any atom is 0.250 e. The summed E-state index contributed by atoms with van der Waals surface area (Å²) in [4.78, 5) is 33.0. The molecule has 6 heteroatoms. The highest BCUT2D eigenvalue weighted by atomic mass is 16.2. The summed E-state index contributed by atoms with van der Waals surface area (Å²) in [5.74, 6) is -0.525. The minimum Gasteiger partial charge on any atom is -0.350 e. The molecule has 27 heavy (non-hydrogen) atoms. The molecule has 0 unspecified atom stereocenters. The average molecular weight is 362 g/mol. The zero-order valence-electron chi connectivity index (χ0n) is 15.0.